The van der Waals surface area contributed by atoms with Gasteiger partial charge in [-0.2, -0.15) is 0 Å². The summed E-state index contributed by atoms with van der Waals surface area (Å²) in [5.41, 5.74) is 2.44. The molecule has 0 saturated carbocycles. The lowest BCUT2D eigenvalue weighted by Crippen LogP contribution is -2.83. The van der Waals surface area contributed by atoms with Crippen molar-refractivity contribution in [1.82, 2.24) is 0 Å². The average molecular weight is 281 g/mol. The van der Waals surface area contributed by atoms with Crippen molar-refractivity contribution >= 4 is 23.2 Å². The van der Waals surface area contributed by atoms with Gasteiger partial charge in [-0.05, 0) is 19.1 Å². The fourth-order valence-electron chi connectivity index (χ4n) is 1.92. The number of hydrogen-bond donors (Lipinski definition) is 1. The van der Waals surface area contributed by atoms with Crippen LogP contribution in [0.3, 0.4) is 0 Å². The molecule has 94 valence electrons. The third-order valence-corrected chi connectivity index (χ3v) is 3.57. The second-order valence-corrected chi connectivity index (χ2v) is 5.22. The maximum Gasteiger partial charge on any atom is 0.110 e. The molecule has 18 heavy (non-hydrogen) atoms. The topological polar surface area (TPSA) is 16.6 Å². The first-order valence-electron chi connectivity index (χ1n) is 5.99. The second-order valence-electron chi connectivity index (χ2n) is 4.38. The molecular formula is C15H16Cl2N+. The molecule has 0 radical (unpaired) electrons. The molecule has 1 nitrogen and oxygen atoms in total. The molecule has 0 amide bonds. The predicted molar refractivity (Wildman–Crippen MR) is 76.9 cm³/mol. The average Bonchev–Trinajstić information content (AvgIpc) is 2.37. The number of hydrogen-bond acceptors (Lipinski definition) is 0. The van der Waals surface area contributed by atoms with Gasteiger partial charge in [0.2, 0.25) is 0 Å². The van der Waals surface area contributed by atoms with E-state index < -0.39 is 0 Å². The van der Waals surface area contributed by atoms with Gasteiger partial charge in [-0.3, -0.25) is 0 Å². The number of rotatable bonds is 4. The van der Waals surface area contributed by atoms with Crippen molar-refractivity contribution in [2.45, 2.75) is 19.5 Å². The first-order valence-corrected chi connectivity index (χ1v) is 6.74. The van der Waals surface area contributed by atoms with E-state index in [9.17, 15) is 0 Å². The Labute approximate surface area is 118 Å². The van der Waals surface area contributed by atoms with Crippen LogP contribution < -0.4 is 5.32 Å². The van der Waals surface area contributed by atoms with Crippen LogP contribution >= 0.6 is 23.2 Å². The van der Waals surface area contributed by atoms with Crippen LogP contribution in [0.5, 0.6) is 0 Å². The van der Waals surface area contributed by atoms with Crippen molar-refractivity contribution in [3.8, 4) is 0 Å². The minimum absolute atomic E-state index is 0.315. The Balaban J connectivity index is 2.01. The Kier molecular flexibility index (Phi) is 4.65. The minimum Gasteiger partial charge on any atom is -0.337 e. The zero-order valence-corrected chi connectivity index (χ0v) is 11.7. The molecule has 0 heterocycles. The van der Waals surface area contributed by atoms with Gasteiger partial charge >= 0.3 is 0 Å². The summed E-state index contributed by atoms with van der Waals surface area (Å²) in [6.45, 7) is 3.10. The zero-order chi connectivity index (χ0) is 13.0. The van der Waals surface area contributed by atoms with Crippen molar-refractivity contribution < 1.29 is 5.32 Å². The Hall–Kier alpha value is -1.02. The highest BCUT2D eigenvalue weighted by molar-refractivity contribution is 6.35. The van der Waals surface area contributed by atoms with Crippen LogP contribution in [0.2, 0.25) is 10.0 Å². The van der Waals surface area contributed by atoms with Crippen LogP contribution in [-0.4, -0.2) is 0 Å². The van der Waals surface area contributed by atoms with Gasteiger partial charge < -0.3 is 5.32 Å². The van der Waals surface area contributed by atoms with Crippen LogP contribution in [0.15, 0.2) is 48.5 Å². The lowest BCUT2D eigenvalue weighted by Gasteiger charge is -2.13. The van der Waals surface area contributed by atoms with Gasteiger partial charge in [-0.25, -0.2) is 0 Å². The maximum atomic E-state index is 6.20. The second kappa shape index (κ2) is 6.24. The van der Waals surface area contributed by atoms with Gasteiger partial charge in [0.05, 0.1) is 5.02 Å². The molecular weight excluding hydrogens is 265 g/mol. The first-order chi connectivity index (χ1) is 8.66. The third-order valence-electron chi connectivity index (χ3n) is 3.00. The van der Waals surface area contributed by atoms with E-state index in [1.54, 1.807) is 6.07 Å². The molecule has 0 aliphatic heterocycles. The molecule has 2 aromatic rings. The summed E-state index contributed by atoms with van der Waals surface area (Å²) in [6.07, 6.45) is 0. The highest BCUT2D eigenvalue weighted by atomic mass is 35.5. The first kappa shape index (κ1) is 13.4. The lowest BCUT2D eigenvalue weighted by atomic mass is 10.1. The predicted octanol–water partition coefficient (Wildman–Crippen LogP) is 3.82. The fourth-order valence-corrected chi connectivity index (χ4v) is 2.51. The van der Waals surface area contributed by atoms with E-state index in [1.807, 2.05) is 18.2 Å². The molecule has 0 fully saturated rings. The van der Waals surface area contributed by atoms with E-state index in [0.717, 1.165) is 17.1 Å². The molecule has 2 N–H and O–H groups in total. The van der Waals surface area contributed by atoms with Crippen LogP contribution in [-0.2, 0) is 6.54 Å². The molecule has 0 aliphatic carbocycles. The SMILES string of the molecule is C[C@H]([NH2+]Cc1ccccc1)c1ccc(Cl)cc1Cl. The van der Waals surface area contributed by atoms with Crippen LogP contribution in [0.4, 0.5) is 0 Å². The van der Waals surface area contributed by atoms with Gasteiger partial charge in [0.25, 0.3) is 0 Å². The molecule has 0 aromatic heterocycles. The van der Waals surface area contributed by atoms with Crippen molar-refractivity contribution in [2.24, 2.45) is 0 Å². The number of nitrogens with two attached hydrogens (primary N) is 1. The van der Waals surface area contributed by atoms with Crippen molar-refractivity contribution in [3.05, 3.63) is 69.7 Å². The highest BCUT2D eigenvalue weighted by Crippen LogP contribution is 2.24. The number of quaternary nitrogens is 1. The van der Waals surface area contributed by atoms with Crippen LogP contribution in [0.25, 0.3) is 0 Å². The molecule has 2 aromatic carbocycles. The van der Waals surface area contributed by atoms with Crippen molar-refractivity contribution in [2.75, 3.05) is 0 Å². The summed E-state index contributed by atoms with van der Waals surface area (Å²) in [7, 11) is 0. The molecule has 0 saturated heterocycles. The van der Waals surface area contributed by atoms with Gasteiger partial charge in [-0.15, -0.1) is 0 Å². The summed E-state index contributed by atoms with van der Waals surface area (Å²) < 4.78 is 0. The van der Waals surface area contributed by atoms with Crippen molar-refractivity contribution in [3.63, 3.8) is 0 Å². The molecule has 2 rings (SSSR count). The smallest absolute Gasteiger partial charge is 0.110 e. The summed E-state index contributed by atoms with van der Waals surface area (Å²) in [4.78, 5) is 0. The molecule has 0 unspecified atom stereocenters. The minimum atomic E-state index is 0.315. The van der Waals surface area contributed by atoms with E-state index in [0.29, 0.717) is 11.1 Å². The summed E-state index contributed by atoms with van der Waals surface area (Å²) >= 11 is 12.1. The van der Waals surface area contributed by atoms with Crippen LogP contribution in [0.1, 0.15) is 24.1 Å². The monoisotopic (exact) mass is 280 g/mol. The summed E-state index contributed by atoms with van der Waals surface area (Å²) in [6, 6.07) is 16.4. The van der Waals surface area contributed by atoms with Gasteiger partial charge in [0.15, 0.2) is 0 Å². The molecule has 1 atom stereocenters. The van der Waals surface area contributed by atoms with E-state index in [-0.39, 0.29) is 0 Å². The number of halogens is 2. The molecule has 0 aliphatic rings. The third kappa shape index (κ3) is 3.49. The molecule has 3 heteroatoms. The van der Waals surface area contributed by atoms with E-state index in [4.69, 9.17) is 23.2 Å². The Morgan fingerprint density at radius 3 is 2.44 bits per heavy atom. The van der Waals surface area contributed by atoms with Gasteiger partial charge in [0, 0.05) is 16.1 Å². The van der Waals surface area contributed by atoms with Gasteiger partial charge in [-0.1, -0.05) is 59.6 Å². The van der Waals surface area contributed by atoms with E-state index in [2.05, 4.69) is 36.5 Å². The molecule has 0 spiro atoms. The largest absolute Gasteiger partial charge is 0.337 e. The standard InChI is InChI=1S/C15H15Cl2N/c1-11(14-8-7-13(16)9-15(14)17)18-10-12-5-3-2-4-6-12/h2-9,11,18H,10H2,1H3/p+1/t11-/m0/s1. The van der Waals surface area contributed by atoms with E-state index in [1.165, 1.54) is 5.56 Å². The number of benzene rings is 2. The van der Waals surface area contributed by atoms with E-state index >= 15 is 0 Å². The Morgan fingerprint density at radius 2 is 1.78 bits per heavy atom. The molecule has 0 bridgehead atoms. The quantitative estimate of drug-likeness (QED) is 0.877. The van der Waals surface area contributed by atoms with Crippen LogP contribution in [0, 0.1) is 0 Å². The fraction of sp³-hybridized carbons (Fsp3) is 0.200. The summed E-state index contributed by atoms with van der Waals surface area (Å²) in [5, 5.41) is 3.68. The normalized spacial score (nSPS) is 12.4. The zero-order valence-electron chi connectivity index (χ0n) is 10.2. The Bertz CT molecular complexity index is 511. The van der Waals surface area contributed by atoms with Crippen molar-refractivity contribution in [1.29, 1.82) is 0 Å². The maximum absolute atomic E-state index is 6.20. The summed E-state index contributed by atoms with van der Waals surface area (Å²) in [5.74, 6) is 0. The highest BCUT2D eigenvalue weighted by Gasteiger charge is 2.12. The Morgan fingerprint density at radius 1 is 1.06 bits per heavy atom. The lowest BCUT2D eigenvalue weighted by molar-refractivity contribution is -0.707. The van der Waals surface area contributed by atoms with Gasteiger partial charge in [0.1, 0.15) is 12.6 Å².